The zero-order valence-electron chi connectivity index (χ0n) is 6.83. The molecule has 14 heavy (non-hydrogen) atoms. The number of hydrogen-bond donors (Lipinski definition) is 0. The van der Waals surface area contributed by atoms with Gasteiger partial charge in [0.15, 0.2) is 0 Å². The van der Waals surface area contributed by atoms with Gasteiger partial charge in [0.05, 0.1) is 6.20 Å². The molecule has 0 saturated carbocycles. The minimum Gasteiger partial charge on any atom is -0.223 e. The topological polar surface area (TPSA) is 59.9 Å². The van der Waals surface area contributed by atoms with Crippen molar-refractivity contribution in [3.63, 3.8) is 0 Å². The normalized spacial score (nSPS) is 12.9. The van der Waals surface area contributed by atoms with Crippen LogP contribution in [-0.2, 0) is 9.84 Å². The van der Waals surface area contributed by atoms with Crippen LogP contribution in [0.3, 0.4) is 0 Å². The van der Waals surface area contributed by atoms with Crippen molar-refractivity contribution in [1.82, 2.24) is 9.97 Å². The summed E-state index contributed by atoms with van der Waals surface area (Å²) >= 11 is 15.8. The summed E-state index contributed by atoms with van der Waals surface area (Å²) < 4.78 is 20.5. The fourth-order valence-electron chi connectivity index (χ4n) is 0.613. The van der Waals surface area contributed by atoms with E-state index in [9.17, 15) is 8.42 Å². The van der Waals surface area contributed by atoms with E-state index in [1.807, 2.05) is 0 Å². The minimum absolute atomic E-state index is 0.424. The van der Waals surface area contributed by atoms with Crippen LogP contribution in [-0.4, -0.2) is 21.5 Å². The van der Waals surface area contributed by atoms with Crippen molar-refractivity contribution in [2.24, 2.45) is 0 Å². The van der Waals surface area contributed by atoms with Crippen LogP contribution >= 0.6 is 34.8 Å². The van der Waals surface area contributed by atoms with E-state index in [0.29, 0.717) is 5.69 Å². The third-order valence-electron chi connectivity index (χ3n) is 1.25. The number of nitrogens with zero attached hydrogens (tertiary/aromatic N) is 2. The maximum absolute atomic E-state index is 11.5. The van der Waals surface area contributed by atoms with Crippen LogP contribution in [0.2, 0.25) is 0 Å². The first-order chi connectivity index (χ1) is 6.25. The lowest BCUT2D eigenvalue weighted by atomic mass is 10.5. The number of sulfone groups is 1. The van der Waals surface area contributed by atoms with Crippen LogP contribution in [0.4, 0.5) is 0 Å². The Bertz CT molecular complexity index is 441. The van der Waals surface area contributed by atoms with Crippen LogP contribution < -0.4 is 0 Å². The summed E-state index contributed by atoms with van der Waals surface area (Å²) in [7, 11) is -4.16. The van der Waals surface area contributed by atoms with Gasteiger partial charge in [-0.2, -0.15) is 0 Å². The van der Waals surface area contributed by atoms with Gasteiger partial charge in [-0.3, -0.25) is 0 Å². The van der Waals surface area contributed by atoms with Crippen molar-refractivity contribution in [1.29, 1.82) is 0 Å². The summed E-state index contributed by atoms with van der Waals surface area (Å²) in [4.78, 5) is 7.03. The highest BCUT2D eigenvalue weighted by atomic mass is 35.6. The highest BCUT2D eigenvalue weighted by Gasteiger charge is 2.41. The molecule has 0 aliphatic rings. The van der Waals surface area contributed by atoms with E-state index in [2.05, 4.69) is 16.2 Å². The number of aryl methyl sites for hydroxylation is 1. The molecule has 0 bridgehead atoms. The van der Waals surface area contributed by atoms with Gasteiger partial charge >= 0.3 is 0 Å². The van der Waals surface area contributed by atoms with Crippen molar-refractivity contribution in [2.45, 2.75) is 15.2 Å². The molecule has 1 rings (SSSR count). The molecule has 0 fully saturated rings. The van der Waals surface area contributed by atoms with E-state index < -0.39 is 18.1 Å². The van der Waals surface area contributed by atoms with Gasteiger partial charge in [-0.1, -0.05) is 34.8 Å². The van der Waals surface area contributed by atoms with E-state index >= 15 is 0 Å². The number of rotatable bonds is 1. The van der Waals surface area contributed by atoms with Crippen molar-refractivity contribution < 1.29 is 8.42 Å². The second kappa shape index (κ2) is 3.81. The molecule has 0 unspecified atom stereocenters. The van der Waals surface area contributed by atoms with Crippen molar-refractivity contribution >= 4 is 44.6 Å². The van der Waals surface area contributed by atoms with Crippen LogP contribution in [0.1, 0.15) is 5.69 Å². The molecule has 0 aromatic carbocycles. The highest BCUT2D eigenvalue weighted by molar-refractivity contribution is 7.97. The molecule has 0 amide bonds. The summed E-state index contributed by atoms with van der Waals surface area (Å²) in [5, 5.41) is -0.544. The summed E-state index contributed by atoms with van der Waals surface area (Å²) in [5.41, 5.74) is 0.424. The van der Waals surface area contributed by atoms with Crippen molar-refractivity contribution in [3.05, 3.63) is 18.0 Å². The molecule has 4 nitrogen and oxygen atoms in total. The lowest BCUT2D eigenvalue weighted by Gasteiger charge is -2.10. The van der Waals surface area contributed by atoms with Gasteiger partial charge in [-0.25, -0.2) is 18.4 Å². The first-order valence-corrected chi connectivity index (χ1v) is 5.90. The summed E-state index contributed by atoms with van der Waals surface area (Å²) in [5.74, 6) is 0. The first kappa shape index (κ1) is 12.0. The monoisotopic (exact) mass is 273 g/mol. The molecule has 8 heteroatoms. The molecule has 0 aliphatic heterocycles. The molecule has 77 valence electrons. The van der Waals surface area contributed by atoms with Gasteiger partial charge in [0.2, 0.25) is 0 Å². The molecule has 0 saturated heterocycles. The largest absolute Gasteiger partial charge is 0.300 e. The summed E-state index contributed by atoms with van der Waals surface area (Å²) in [6.07, 6.45) is 2.34. The molecule has 1 aromatic rings. The molecular formula is C6H4Cl3N2O2S. The molecular weight excluding hydrogens is 271 g/mol. The summed E-state index contributed by atoms with van der Waals surface area (Å²) in [6.45, 7) is 1.58. The third kappa shape index (κ3) is 2.28. The molecule has 1 radical (unpaired) electrons. The van der Waals surface area contributed by atoms with Gasteiger partial charge in [0, 0.05) is 5.69 Å². The lowest BCUT2D eigenvalue weighted by Crippen LogP contribution is -2.22. The van der Waals surface area contributed by atoms with Crippen LogP contribution in [0, 0.1) is 13.1 Å². The van der Waals surface area contributed by atoms with E-state index in [0.717, 1.165) is 0 Å². The maximum Gasteiger partial charge on any atom is 0.300 e. The first-order valence-electron chi connectivity index (χ1n) is 3.28. The molecule has 1 aromatic heterocycles. The predicted molar refractivity (Wildman–Crippen MR) is 53.1 cm³/mol. The van der Waals surface area contributed by atoms with Crippen LogP contribution in [0.15, 0.2) is 11.2 Å². The average molecular weight is 275 g/mol. The van der Waals surface area contributed by atoms with E-state index in [4.69, 9.17) is 34.8 Å². The second-order valence-electron chi connectivity index (χ2n) is 2.37. The maximum atomic E-state index is 11.5. The fourth-order valence-corrected chi connectivity index (χ4v) is 1.88. The molecule has 0 atom stereocenters. The molecule has 0 spiro atoms. The van der Waals surface area contributed by atoms with Gasteiger partial charge in [0.1, 0.15) is 0 Å². The number of hydrogen-bond acceptors (Lipinski definition) is 4. The zero-order chi connectivity index (χ0) is 11.0. The van der Waals surface area contributed by atoms with Gasteiger partial charge in [-0.15, -0.1) is 0 Å². The van der Waals surface area contributed by atoms with E-state index in [1.54, 1.807) is 6.92 Å². The Morgan fingerprint density at radius 2 is 2.00 bits per heavy atom. The second-order valence-corrected chi connectivity index (χ2v) is 7.31. The Hall–Kier alpha value is -0.100. The highest BCUT2D eigenvalue weighted by Crippen LogP contribution is 2.36. The van der Waals surface area contributed by atoms with E-state index in [1.165, 1.54) is 6.07 Å². The minimum atomic E-state index is -4.16. The van der Waals surface area contributed by atoms with E-state index in [-0.39, 0.29) is 0 Å². The van der Waals surface area contributed by atoms with Crippen LogP contribution in [0.5, 0.6) is 0 Å². The van der Waals surface area contributed by atoms with Gasteiger partial charge in [0.25, 0.3) is 18.1 Å². The van der Waals surface area contributed by atoms with Crippen molar-refractivity contribution in [3.8, 4) is 0 Å². The third-order valence-corrected chi connectivity index (χ3v) is 4.35. The molecule has 1 heterocycles. The number of alkyl halides is 3. The Kier molecular flexibility index (Phi) is 3.26. The van der Waals surface area contributed by atoms with Crippen molar-refractivity contribution in [2.75, 3.05) is 0 Å². The van der Waals surface area contributed by atoms with Crippen LogP contribution in [0.25, 0.3) is 0 Å². The van der Waals surface area contributed by atoms with Gasteiger partial charge < -0.3 is 0 Å². The zero-order valence-corrected chi connectivity index (χ0v) is 9.91. The molecule has 0 N–H and O–H groups in total. The number of halogens is 3. The van der Waals surface area contributed by atoms with Gasteiger partial charge in [-0.05, 0) is 13.0 Å². The average Bonchev–Trinajstić information content (AvgIpc) is 2.02. The number of aromatic nitrogens is 2. The molecule has 0 aliphatic carbocycles. The smallest absolute Gasteiger partial charge is 0.223 e. The fraction of sp³-hybridized carbons (Fsp3) is 0.333. The predicted octanol–water partition coefficient (Wildman–Crippen LogP) is 1.69. The quantitative estimate of drug-likeness (QED) is 0.577. The Morgan fingerprint density at radius 1 is 1.43 bits per heavy atom. The Labute approximate surface area is 96.1 Å². The lowest BCUT2D eigenvalue weighted by molar-refractivity contribution is 0.586. The Morgan fingerprint density at radius 3 is 2.43 bits per heavy atom. The Balaban J connectivity index is 3.32. The SMILES string of the molecule is Cc1c[c]nc(S(=O)(=O)C(Cl)(Cl)Cl)n1. The standard InChI is InChI=1S/C6H4Cl3N2O2S/c1-4-2-3-10-5(11-4)14(12,13)6(7,8)9/h2H,1H3. The summed E-state index contributed by atoms with van der Waals surface area (Å²) in [6, 6.07) is 1.41.